The second-order valence-corrected chi connectivity index (χ2v) is 10.6. The zero-order valence-electron chi connectivity index (χ0n) is 22.5. The summed E-state index contributed by atoms with van der Waals surface area (Å²) in [5, 5.41) is 6.08. The second-order valence-electron chi connectivity index (χ2n) is 9.53. The van der Waals surface area contributed by atoms with Crippen LogP contribution in [0.1, 0.15) is 9.67 Å². The van der Waals surface area contributed by atoms with Crippen molar-refractivity contribution in [2.75, 3.05) is 48.9 Å². The van der Waals surface area contributed by atoms with Crippen LogP contribution in [0.15, 0.2) is 67.5 Å². The van der Waals surface area contributed by atoms with Crippen LogP contribution in [-0.2, 0) is 4.79 Å². The molecule has 0 bridgehead atoms. The fourth-order valence-electron chi connectivity index (χ4n) is 4.84. The minimum atomic E-state index is -0.524. The summed E-state index contributed by atoms with van der Waals surface area (Å²) in [4.78, 5) is 42.6. The van der Waals surface area contributed by atoms with Gasteiger partial charge in [0.2, 0.25) is 5.91 Å². The molecule has 0 radical (unpaired) electrons. The first-order valence-electron chi connectivity index (χ1n) is 13.1. The van der Waals surface area contributed by atoms with Gasteiger partial charge < -0.3 is 29.9 Å². The first-order chi connectivity index (χ1) is 20.4. The third kappa shape index (κ3) is 5.33. The molecule has 1 saturated heterocycles. The number of pyridine rings is 2. The van der Waals surface area contributed by atoms with Crippen molar-refractivity contribution in [3.8, 4) is 22.8 Å². The number of carbonyl (C=O) groups is 2. The van der Waals surface area contributed by atoms with Crippen molar-refractivity contribution in [1.29, 1.82) is 0 Å². The average Bonchev–Trinajstić information content (AvgIpc) is 3.49. The van der Waals surface area contributed by atoms with Crippen LogP contribution in [0.4, 0.5) is 26.8 Å². The van der Waals surface area contributed by atoms with Gasteiger partial charge in [0, 0.05) is 31.4 Å². The highest BCUT2D eigenvalue weighted by molar-refractivity contribution is 7.17. The molecule has 1 fully saturated rings. The van der Waals surface area contributed by atoms with E-state index < -0.39 is 11.7 Å². The van der Waals surface area contributed by atoms with Gasteiger partial charge in [-0.05, 0) is 36.4 Å². The molecule has 0 saturated carbocycles. The maximum atomic E-state index is 13.9. The Hall–Kier alpha value is -5.04. The third-order valence-electron chi connectivity index (χ3n) is 6.96. The van der Waals surface area contributed by atoms with E-state index in [0.29, 0.717) is 59.3 Å². The fraction of sp³-hybridized carbons (Fsp3) is 0.207. The summed E-state index contributed by atoms with van der Waals surface area (Å²) >= 11 is 1.09. The first-order valence-corrected chi connectivity index (χ1v) is 13.9. The maximum absolute atomic E-state index is 13.9. The molecule has 13 heteroatoms. The molecule has 1 atom stereocenters. The Morgan fingerprint density at radius 3 is 2.86 bits per heavy atom. The first kappa shape index (κ1) is 27.1. The number of ether oxygens (including phenoxy) is 2. The Kier molecular flexibility index (Phi) is 7.40. The lowest BCUT2D eigenvalue weighted by Gasteiger charge is -2.44. The van der Waals surface area contributed by atoms with Crippen LogP contribution >= 0.6 is 11.3 Å². The van der Waals surface area contributed by atoms with E-state index in [1.807, 2.05) is 12.1 Å². The Labute approximate surface area is 244 Å². The molecule has 5 heterocycles. The van der Waals surface area contributed by atoms with Crippen molar-refractivity contribution < 1.29 is 23.5 Å². The molecule has 2 amide bonds. The number of hydrogen-bond donors (Lipinski definition) is 2. The number of hydrogen-bond acceptors (Lipinski definition) is 10. The fourth-order valence-corrected chi connectivity index (χ4v) is 5.55. The maximum Gasteiger partial charge on any atom is 0.267 e. The van der Waals surface area contributed by atoms with Crippen molar-refractivity contribution in [2.45, 2.75) is 6.04 Å². The van der Waals surface area contributed by atoms with E-state index in [1.54, 1.807) is 29.3 Å². The summed E-state index contributed by atoms with van der Waals surface area (Å²) in [6.07, 6.45) is 4.48. The molecule has 0 unspecified atom stereocenters. The number of rotatable bonds is 7. The van der Waals surface area contributed by atoms with Crippen LogP contribution < -0.4 is 25.0 Å². The molecular weight excluding hydrogens is 561 g/mol. The van der Waals surface area contributed by atoms with E-state index in [9.17, 15) is 14.0 Å². The molecule has 2 N–H and O–H groups in total. The molecule has 2 aliphatic heterocycles. The van der Waals surface area contributed by atoms with Crippen LogP contribution in [0, 0.1) is 5.82 Å². The predicted molar refractivity (Wildman–Crippen MR) is 157 cm³/mol. The molecule has 42 heavy (non-hydrogen) atoms. The van der Waals surface area contributed by atoms with Crippen LogP contribution in [0.25, 0.3) is 11.3 Å². The molecule has 11 nitrogen and oxygen atoms in total. The molecule has 214 valence electrons. The number of halogens is 1. The van der Waals surface area contributed by atoms with Gasteiger partial charge in [0.15, 0.2) is 28.3 Å². The quantitative estimate of drug-likeness (QED) is 0.304. The standard InChI is InChI=1S/C29H26FN7O4S/c1-3-25(38)36-10-11-37-18(15-36)16-41-23-12-17(13-31-27(23)37)20-8-9-22(40-2)26(33-20)35-29-32-14-24(42-29)28(39)34-21-7-5-4-6-19(21)30/h3-9,12-14,18H,1,10-11,15-16H2,2H3,(H,34,39)(H,32,33,35)/t18-/m1/s1. The number of nitrogens with one attached hydrogen (secondary N) is 2. The van der Waals surface area contributed by atoms with Crippen molar-refractivity contribution >= 4 is 45.6 Å². The van der Waals surface area contributed by atoms with E-state index in [4.69, 9.17) is 19.4 Å². The summed E-state index contributed by atoms with van der Waals surface area (Å²) in [5.41, 5.74) is 1.45. The van der Waals surface area contributed by atoms with Gasteiger partial charge in [0.1, 0.15) is 17.3 Å². The van der Waals surface area contributed by atoms with Crippen molar-refractivity contribution in [2.24, 2.45) is 0 Å². The minimum absolute atomic E-state index is 0.0143. The lowest BCUT2D eigenvalue weighted by molar-refractivity contribution is -0.127. The number of methoxy groups -OCH3 is 1. The SMILES string of the molecule is C=CC(=O)N1CCN2c3ncc(-c4ccc(OC)c(Nc5ncc(C(=O)Nc6ccccc6F)s5)n4)cc3OC[C@H]2C1. The molecule has 0 spiro atoms. The highest BCUT2D eigenvalue weighted by atomic mass is 32.1. The molecule has 3 aromatic heterocycles. The number of aromatic nitrogens is 3. The molecule has 6 rings (SSSR count). The summed E-state index contributed by atoms with van der Waals surface area (Å²) in [6, 6.07) is 11.4. The third-order valence-corrected chi connectivity index (χ3v) is 7.87. The summed E-state index contributed by atoms with van der Waals surface area (Å²) in [7, 11) is 1.53. The normalized spacial score (nSPS) is 15.6. The van der Waals surface area contributed by atoms with Gasteiger partial charge in [0.25, 0.3) is 5.91 Å². The van der Waals surface area contributed by atoms with Gasteiger partial charge in [-0.2, -0.15) is 0 Å². The van der Waals surface area contributed by atoms with Gasteiger partial charge in [-0.25, -0.2) is 19.3 Å². The zero-order chi connectivity index (χ0) is 29.2. The highest BCUT2D eigenvalue weighted by Gasteiger charge is 2.35. The van der Waals surface area contributed by atoms with E-state index in [1.165, 1.54) is 31.5 Å². The molecule has 2 aliphatic rings. The lowest BCUT2D eigenvalue weighted by Crippen LogP contribution is -2.58. The monoisotopic (exact) mass is 587 g/mol. The van der Waals surface area contributed by atoms with E-state index in [0.717, 1.165) is 22.7 Å². The topological polar surface area (TPSA) is 122 Å². The average molecular weight is 588 g/mol. The summed E-state index contributed by atoms with van der Waals surface area (Å²) in [5.74, 6) is 1.16. The van der Waals surface area contributed by atoms with Crippen LogP contribution in [0.2, 0.25) is 0 Å². The Balaban J connectivity index is 1.19. The molecule has 4 aromatic rings. The smallest absolute Gasteiger partial charge is 0.267 e. The number of para-hydroxylation sites is 1. The van der Waals surface area contributed by atoms with Gasteiger partial charge in [0.05, 0.1) is 30.7 Å². The minimum Gasteiger partial charge on any atom is -0.493 e. The number of piperazine rings is 1. The number of thiazole rings is 1. The summed E-state index contributed by atoms with van der Waals surface area (Å²) < 4.78 is 25.5. The second kappa shape index (κ2) is 11.4. The van der Waals surface area contributed by atoms with E-state index >= 15 is 0 Å². The largest absolute Gasteiger partial charge is 0.493 e. The number of benzene rings is 1. The summed E-state index contributed by atoms with van der Waals surface area (Å²) in [6.45, 7) is 5.79. The number of nitrogens with zero attached hydrogens (tertiary/aromatic N) is 5. The predicted octanol–water partition coefficient (Wildman–Crippen LogP) is 4.34. The van der Waals surface area contributed by atoms with Gasteiger partial charge in [-0.3, -0.25) is 9.59 Å². The van der Waals surface area contributed by atoms with E-state index in [2.05, 4.69) is 27.1 Å². The number of amides is 2. The van der Waals surface area contributed by atoms with E-state index in [-0.39, 0.29) is 17.6 Å². The van der Waals surface area contributed by atoms with Crippen LogP contribution in [0.3, 0.4) is 0 Å². The van der Waals surface area contributed by atoms with Crippen LogP contribution in [-0.4, -0.2) is 71.1 Å². The molecular formula is C29H26FN7O4S. The Morgan fingerprint density at radius 1 is 1.19 bits per heavy atom. The number of carbonyl (C=O) groups excluding carboxylic acids is 2. The van der Waals surface area contributed by atoms with Crippen molar-refractivity contribution in [1.82, 2.24) is 19.9 Å². The van der Waals surface area contributed by atoms with Crippen LogP contribution in [0.5, 0.6) is 11.5 Å². The van der Waals surface area contributed by atoms with Gasteiger partial charge >= 0.3 is 0 Å². The van der Waals surface area contributed by atoms with Crippen molar-refractivity contribution in [3.63, 3.8) is 0 Å². The highest BCUT2D eigenvalue weighted by Crippen LogP contribution is 2.37. The van der Waals surface area contributed by atoms with Gasteiger partial charge in [-0.1, -0.05) is 30.0 Å². The Bertz CT molecular complexity index is 1680. The van der Waals surface area contributed by atoms with Gasteiger partial charge in [-0.15, -0.1) is 0 Å². The zero-order valence-corrected chi connectivity index (χ0v) is 23.4. The molecule has 1 aromatic carbocycles. The molecule has 0 aliphatic carbocycles. The number of anilines is 4. The Morgan fingerprint density at radius 2 is 2.05 bits per heavy atom. The van der Waals surface area contributed by atoms with Crippen molar-refractivity contribution in [3.05, 3.63) is 78.2 Å². The number of fused-ring (bicyclic) bond motifs is 3. The lowest BCUT2D eigenvalue weighted by atomic mass is 10.1.